The van der Waals surface area contributed by atoms with Gasteiger partial charge in [0.1, 0.15) is 5.75 Å². The lowest BCUT2D eigenvalue weighted by atomic mass is 10.1. The lowest BCUT2D eigenvalue weighted by molar-refractivity contribution is -0.116. The van der Waals surface area contributed by atoms with Crippen LogP contribution in [0.25, 0.3) is 6.08 Å². The fourth-order valence-electron chi connectivity index (χ4n) is 2.46. The predicted molar refractivity (Wildman–Crippen MR) is 106 cm³/mol. The molecule has 5 heteroatoms. The summed E-state index contributed by atoms with van der Waals surface area (Å²) in [7, 11) is 5.64. The first-order chi connectivity index (χ1) is 12.0. The molecule has 132 valence electrons. The van der Waals surface area contributed by atoms with Crippen molar-refractivity contribution < 1.29 is 9.53 Å². The van der Waals surface area contributed by atoms with Crippen molar-refractivity contribution in [2.45, 2.75) is 6.04 Å². The normalized spacial score (nSPS) is 12.4. The summed E-state index contributed by atoms with van der Waals surface area (Å²) < 4.78 is 6.16. The molecular weight excluding hydrogens is 380 g/mol. The van der Waals surface area contributed by atoms with Gasteiger partial charge >= 0.3 is 0 Å². The van der Waals surface area contributed by atoms with Gasteiger partial charge in [0.25, 0.3) is 0 Å². The van der Waals surface area contributed by atoms with E-state index in [4.69, 9.17) is 4.74 Å². The summed E-state index contributed by atoms with van der Waals surface area (Å²) in [5.74, 6) is 0.706. The fraction of sp³-hybridized carbons (Fsp3) is 0.250. The molecule has 1 unspecified atom stereocenters. The highest BCUT2D eigenvalue weighted by atomic mass is 79.9. The number of likely N-dealkylation sites (N-methyl/N-ethyl adjacent to an activating group) is 1. The van der Waals surface area contributed by atoms with Gasteiger partial charge in [-0.1, -0.05) is 46.3 Å². The van der Waals surface area contributed by atoms with E-state index in [1.165, 1.54) is 0 Å². The van der Waals surface area contributed by atoms with Gasteiger partial charge in [-0.05, 0) is 49.5 Å². The van der Waals surface area contributed by atoms with Crippen molar-refractivity contribution in [3.05, 3.63) is 70.2 Å². The number of nitrogens with zero attached hydrogens (tertiary/aromatic N) is 1. The van der Waals surface area contributed by atoms with Crippen molar-refractivity contribution >= 4 is 27.9 Å². The van der Waals surface area contributed by atoms with Crippen LogP contribution >= 0.6 is 15.9 Å². The first-order valence-corrected chi connectivity index (χ1v) is 8.81. The van der Waals surface area contributed by atoms with Gasteiger partial charge < -0.3 is 15.0 Å². The van der Waals surface area contributed by atoms with Gasteiger partial charge in [-0.3, -0.25) is 4.79 Å². The van der Waals surface area contributed by atoms with Crippen molar-refractivity contribution in [1.29, 1.82) is 0 Å². The van der Waals surface area contributed by atoms with Crippen LogP contribution in [0.1, 0.15) is 17.2 Å². The summed E-state index contributed by atoms with van der Waals surface area (Å²) in [6.45, 7) is 0.526. The fourth-order valence-corrected chi connectivity index (χ4v) is 2.87. The molecule has 1 atom stereocenters. The predicted octanol–water partition coefficient (Wildman–Crippen LogP) is 3.89. The number of rotatable bonds is 7. The van der Waals surface area contributed by atoms with Crippen molar-refractivity contribution in [3.8, 4) is 5.75 Å². The molecule has 0 heterocycles. The zero-order valence-corrected chi connectivity index (χ0v) is 16.3. The maximum Gasteiger partial charge on any atom is 0.244 e. The molecule has 0 aromatic heterocycles. The SMILES string of the molecule is COc1ccc(C(CNC(=O)/C=C/c2ccccc2Br)N(C)C)cc1. The summed E-state index contributed by atoms with van der Waals surface area (Å²) in [5.41, 5.74) is 2.10. The molecule has 0 aliphatic rings. The van der Waals surface area contributed by atoms with Crippen molar-refractivity contribution in [2.75, 3.05) is 27.7 Å². The number of hydrogen-bond acceptors (Lipinski definition) is 3. The molecule has 0 fully saturated rings. The number of carbonyl (C=O) groups is 1. The number of ether oxygens (including phenoxy) is 1. The molecule has 0 aliphatic carbocycles. The monoisotopic (exact) mass is 402 g/mol. The number of hydrogen-bond donors (Lipinski definition) is 1. The third kappa shape index (κ3) is 5.73. The quantitative estimate of drug-likeness (QED) is 0.714. The topological polar surface area (TPSA) is 41.6 Å². The van der Waals surface area contributed by atoms with Gasteiger partial charge in [-0.15, -0.1) is 0 Å². The van der Waals surface area contributed by atoms with Crippen LogP contribution in [0.3, 0.4) is 0 Å². The van der Waals surface area contributed by atoms with Crippen LogP contribution in [-0.4, -0.2) is 38.6 Å². The summed E-state index contributed by atoms with van der Waals surface area (Å²) in [5, 5.41) is 2.97. The Morgan fingerprint density at radius 1 is 1.20 bits per heavy atom. The summed E-state index contributed by atoms with van der Waals surface area (Å²) in [6, 6.07) is 15.8. The molecule has 0 saturated carbocycles. The van der Waals surface area contributed by atoms with E-state index in [0.29, 0.717) is 6.54 Å². The highest BCUT2D eigenvalue weighted by molar-refractivity contribution is 9.10. The Labute approximate surface area is 157 Å². The Morgan fingerprint density at radius 3 is 2.48 bits per heavy atom. The highest BCUT2D eigenvalue weighted by Gasteiger charge is 2.14. The molecular formula is C20H23BrN2O2. The Balaban J connectivity index is 1.98. The number of benzene rings is 2. The lowest BCUT2D eigenvalue weighted by Gasteiger charge is -2.25. The summed E-state index contributed by atoms with van der Waals surface area (Å²) >= 11 is 3.47. The second-order valence-corrected chi connectivity index (χ2v) is 6.71. The smallest absolute Gasteiger partial charge is 0.244 e. The van der Waals surface area contributed by atoms with E-state index in [9.17, 15) is 4.79 Å². The van der Waals surface area contributed by atoms with E-state index in [-0.39, 0.29) is 11.9 Å². The molecule has 4 nitrogen and oxygen atoms in total. The van der Waals surface area contributed by atoms with Crippen LogP contribution in [0.15, 0.2) is 59.1 Å². The molecule has 2 aromatic rings. The Kier molecular flexibility index (Phi) is 7.22. The highest BCUT2D eigenvalue weighted by Crippen LogP contribution is 2.21. The number of amides is 1. The maximum atomic E-state index is 12.1. The second kappa shape index (κ2) is 9.39. The van der Waals surface area contributed by atoms with Gasteiger partial charge in [0.2, 0.25) is 5.91 Å². The molecule has 0 aliphatic heterocycles. The molecule has 0 spiro atoms. The zero-order chi connectivity index (χ0) is 18.2. The van der Waals surface area contributed by atoms with Gasteiger partial charge in [-0.2, -0.15) is 0 Å². The van der Waals surface area contributed by atoms with Crippen molar-refractivity contribution in [3.63, 3.8) is 0 Å². The lowest BCUT2D eigenvalue weighted by Crippen LogP contribution is -2.33. The van der Waals surface area contributed by atoms with Crippen LogP contribution in [0, 0.1) is 0 Å². The minimum absolute atomic E-state index is 0.0896. The minimum atomic E-state index is -0.115. The number of halogens is 1. The third-order valence-electron chi connectivity index (χ3n) is 3.91. The van der Waals surface area contributed by atoms with Gasteiger partial charge in [0.05, 0.1) is 13.2 Å². The summed E-state index contributed by atoms with van der Waals surface area (Å²) in [6.07, 6.45) is 3.36. The molecule has 1 amide bonds. The van der Waals surface area contributed by atoms with Gasteiger partial charge in [0, 0.05) is 17.1 Å². The van der Waals surface area contributed by atoms with Crippen LogP contribution in [0.5, 0.6) is 5.75 Å². The van der Waals surface area contributed by atoms with E-state index in [2.05, 4.69) is 26.1 Å². The van der Waals surface area contributed by atoms with E-state index in [1.807, 2.05) is 62.6 Å². The van der Waals surface area contributed by atoms with Gasteiger partial charge in [-0.25, -0.2) is 0 Å². The van der Waals surface area contributed by atoms with Crippen LogP contribution in [-0.2, 0) is 4.79 Å². The molecule has 0 radical (unpaired) electrons. The molecule has 0 saturated heterocycles. The Hall–Kier alpha value is -2.11. The molecule has 2 rings (SSSR count). The summed E-state index contributed by atoms with van der Waals surface area (Å²) in [4.78, 5) is 14.2. The van der Waals surface area contributed by atoms with E-state index < -0.39 is 0 Å². The van der Waals surface area contributed by atoms with Crippen LogP contribution in [0.2, 0.25) is 0 Å². The zero-order valence-electron chi connectivity index (χ0n) is 14.7. The standard InChI is InChI=1S/C20H23BrN2O2/c1-23(2)19(16-8-11-17(25-3)12-9-16)14-22-20(24)13-10-15-6-4-5-7-18(15)21/h4-13,19H,14H2,1-3H3,(H,22,24)/b13-10+. The second-order valence-electron chi connectivity index (χ2n) is 5.85. The maximum absolute atomic E-state index is 12.1. The number of nitrogens with one attached hydrogen (secondary N) is 1. The van der Waals surface area contributed by atoms with Crippen LogP contribution in [0.4, 0.5) is 0 Å². The van der Waals surface area contributed by atoms with Crippen LogP contribution < -0.4 is 10.1 Å². The van der Waals surface area contributed by atoms with E-state index in [0.717, 1.165) is 21.3 Å². The third-order valence-corrected chi connectivity index (χ3v) is 4.64. The number of carbonyl (C=O) groups excluding carboxylic acids is 1. The first kappa shape index (κ1) is 19.2. The molecule has 1 N–H and O–H groups in total. The Morgan fingerprint density at radius 2 is 1.88 bits per heavy atom. The Bertz CT molecular complexity index is 727. The number of methoxy groups -OCH3 is 1. The average molecular weight is 403 g/mol. The molecule has 25 heavy (non-hydrogen) atoms. The average Bonchev–Trinajstić information content (AvgIpc) is 2.61. The molecule has 0 bridgehead atoms. The van der Waals surface area contributed by atoms with E-state index in [1.54, 1.807) is 19.3 Å². The van der Waals surface area contributed by atoms with Crippen molar-refractivity contribution in [2.24, 2.45) is 0 Å². The minimum Gasteiger partial charge on any atom is -0.497 e. The van der Waals surface area contributed by atoms with E-state index >= 15 is 0 Å². The first-order valence-electron chi connectivity index (χ1n) is 8.02. The van der Waals surface area contributed by atoms with Gasteiger partial charge in [0.15, 0.2) is 0 Å². The largest absolute Gasteiger partial charge is 0.497 e. The molecule has 2 aromatic carbocycles. The van der Waals surface area contributed by atoms with Crippen molar-refractivity contribution in [1.82, 2.24) is 10.2 Å².